The Labute approximate surface area is 275 Å². The Hall–Kier alpha value is -0.650. The van der Waals surface area contributed by atoms with E-state index in [9.17, 15) is 38.9 Å². The van der Waals surface area contributed by atoms with Crippen LogP contribution in [0.25, 0.3) is 0 Å². The van der Waals surface area contributed by atoms with Crippen LogP contribution in [0.15, 0.2) is 11.6 Å². The van der Waals surface area contributed by atoms with Crippen molar-refractivity contribution in [3.05, 3.63) is 11.6 Å². The van der Waals surface area contributed by atoms with E-state index < -0.39 is 60.8 Å². The summed E-state index contributed by atoms with van der Waals surface area (Å²) in [7, 11) is -15.1. The molecule has 5 rings (SSSR count). The maximum atomic E-state index is 12.2. The highest BCUT2D eigenvalue weighted by molar-refractivity contribution is 7.81. The van der Waals surface area contributed by atoms with Crippen LogP contribution in [-0.4, -0.2) is 57.2 Å². The molecule has 266 valence electrons. The highest BCUT2D eigenvalue weighted by Gasteiger charge is 2.67. The van der Waals surface area contributed by atoms with Gasteiger partial charge in [0.05, 0.1) is 6.10 Å². The van der Waals surface area contributed by atoms with Crippen molar-refractivity contribution < 1.29 is 51.5 Å². The standard InChI is InChI=1S/C31H52O12S3/c1-18(2)31(16-20(31)4)13-8-19(3)21-9-11-30(7)23-14-25(41-44(32,33)34)24-15-26(42-45(35,36)37)27(43-46(38,39)40)17-28(24,5)22(23)10-12-29(21,30)6/h10,18-21,23-27H,8-9,11-17H2,1-7H3,(H,32,33,34)(H,35,36,37)(H,38,39,40)/t19-,20?,21-,23?,24?,25+,26+,27+,28-,29-,30+,31?/m1/s1. The topological polar surface area (TPSA) is 191 Å². The molecular weight excluding hydrogens is 661 g/mol. The van der Waals surface area contributed by atoms with Gasteiger partial charge in [-0.3, -0.25) is 13.7 Å². The second-order valence-electron chi connectivity index (χ2n) is 16.3. The Kier molecular flexibility index (Phi) is 9.33. The summed E-state index contributed by atoms with van der Waals surface area (Å²) in [6, 6.07) is 0. The Balaban J connectivity index is 1.51. The van der Waals surface area contributed by atoms with Crippen LogP contribution in [-0.2, 0) is 43.7 Å². The third-order valence-corrected chi connectivity index (χ3v) is 15.5. The first-order valence-electron chi connectivity index (χ1n) is 16.5. The predicted octanol–water partition coefficient (Wildman–Crippen LogP) is 5.84. The van der Waals surface area contributed by atoms with E-state index in [-0.39, 0.29) is 36.0 Å². The highest BCUT2D eigenvalue weighted by Crippen LogP contribution is 2.72. The number of rotatable bonds is 11. The molecule has 4 saturated carbocycles. The zero-order valence-electron chi connectivity index (χ0n) is 27.9. The summed E-state index contributed by atoms with van der Waals surface area (Å²) in [5.74, 6) is 1.33. The lowest BCUT2D eigenvalue weighted by atomic mass is 9.43. The summed E-state index contributed by atoms with van der Waals surface area (Å²) in [6.45, 7) is 15.8. The molecule has 4 fully saturated rings. The van der Waals surface area contributed by atoms with Crippen molar-refractivity contribution in [1.29, 1.82) is 0 Å². The smallest absolute Gasteiger partial charge is 0.264 e. The monoisotopic (exact) mass is 712 g/mol. The number of hydrogen-bond donors (Lipinski definition) is 3. The number of fused-ring (bicyclic) bond motifs is 5. The normalized spacial score (nSPS) is 45.0. The Bertz CT molecular complexity index is 1560. The third kappa shape index (κ3) is 6.50. The van der Waals surface area contributed by atoms with Gasteiger partial charge in [-0.05, 0) is 115 Å². The average molecular weight is 713 g/mol. The van der Waals surface area contributed by atoms with Gasteiger partial charge >= 0.3 is 31.2 Å². The number of allylic oxidation sites excluding steroid dienone is 2. The van der Waals surface area contributed by atoms with Gasteiger partial charge in [0.1, 0.15) is 12.2 Å². The summed E-state index contributed by atoms with van der Waals surface area (Å²) in [4.78, 5) is 0. The van der Waals surface area contributed by atoms with E-state index in [2.05, 4.69) is 47.6 Å². The van der Waals surface area contributed by atoms with Gasteiger partial charge in [-0.15, -0.1) is 0 Å². The van der Waals surface area contributed by atoms with Crippen LogP contribution in [0.3, 0.4) is 0 Å². The molecule has 12 atom stereocenters. The molecule has 0 aliphatic heterocycles. The van der Waals surface area contributed by atoms with E-state index in [4.69, 9.17) is 12.5 Å². The summed E-state index contributed by atoms with van der Waals surface area (Å²) in [6.07, 6.45) is 4.06. The van der Waals surface area contributed by atoms with Crippen LogP contribution < -0.4 is 0 Å². The van der Waals surface area contributed by atoms with Crippen molar-refractivity contribution in [3.63, 3.8) is 0 Å². The summed E-state index contributed by atoms with van der Waals surface area (Å²) in [5.41, 5.74) is 0.0205. The first-order valence-corrected chi connectivity index (χ1v) is 20.6. The predicted molar refractivity (Wildman–Crippen MR) is 169 cm³/mol. The quantitative estimate of drug-likeness (QED) is 0.172. The SMILES string of the molecule is CC(C)C1(CC[C@@H](C)[C@H]2CC[C@@]3(C)C4C[C@H](OS(=O)(=O)O)C5C[C@H](OS(=O)(=O)O)[C@@H](OS(=O)(=O)O)C[C@]5(C)C4=CC[C@]23C)CC1C. The molecule has 0 heterocycles. The van der Waals surface area contributed by atoms with Gasteiger partial charge in [-0.25, -0.2) is 12.5 Å². The van der Waals surface area contributed by atoms with E-state index in [1.54, 1.807) is 0 Å². The van der Waals surface area contributed by atoms with E-state index in [1.165, 1.54) is 12.8 Å². The molecule has 0 radical (unpaired) electrons. The van der Waals surface area contributed by atoms with Crippen molar-refractivity contribution in [2.75, 3.05) is 0 Å². The lowest BCUT2D eigenvalue weighted by Gasteiger charge is -2.63. The van der Waals surface area contributed by atoms with Gasteiger partial charge in [-0.1, -0.05) is 60.1 Å². The molecule has 0 aromatic heterocycles. The van der Waals surface area contributed by atoms with E-state index in [1.807, 2.05) is 6.92 Å². The highest BCUT2D eigenvalue weighted by atomic mass is 32.3. The van der Waals surface area contributed by atoms with Crippen molar-refractivity contribution in [2.24, 2.45) is 57.2 Å². The molecule has 15 heteroatoms. The minimum Gasteiger partial charge on any atom is -0.264 e. The molecule has 0 spiro atoms. The fourth-order valence-electron chi connectivity index (χ4n) is 11.3. The van der Waals surface area contributed by atoms with Crippen molar-refractivity contribution >= 4 is 31.2 Å². The summed E-state index contributed by atoms with van der Waals surface area (Å²) >= 11 is 0. The minimum absolute atomic E-state index is 0.123. The molecule has 0 aromatic rings. The van der Waals surface area contributed by atoms with Crippen molar-refractivity contribution in [1.82, 2.24) is 0 Å². The number of hydrogen-bond acceptors (Lipinski definition) is 9. The Morgan fingerprint density at radius 2 is 1.37 bits per heavy atom. The zero-order valence-corrected chi connectivity index (χ0v) is 30.3. The first kappa shape index (κ1) is 36.6. The minimum atomic E-state index is -5.09. The van der Waals surface area contributed by atoms with Gasteiger partial charge in [0.15, 0.2) is 0 Å². The summed E-state index contributed by atoms with van der Waals surface area (Å²) < 4.78 is 115. The Morgan fingerprint density at radius 3 is 1.89 bits per heavy atom. The second-order valence-corrected chi connectivity index (χ2v) is 19.4. The summed E-state index contributed by atoms with van der Waals surface area (Å²) in [5, 5.41) is 0. The third-order valence-electron chi connectivity index (χ3n) is 14.1. The molecule has 4 unspecified atom stereocenters. The van der Waals surface area contributed by atoms with Gasteiger partial charge in [-0.2, -0.15) is 25.3 Å². The van der Waals surface area contributed by atoms with Crippen LogP contribution in [0.4, 0.5) is 0 Å². The van der Waals surface area contributed by atoms with Gasteiger partial charge in [0, 0.05) is 0 Å². The molecule has 0 saturated heterocycles. The molecule has 5 aliphatic rings. The van der Waals surface area contributed by atoms with Crippen LogP contribution in [0.5, 0.6) is 0 Å². The van der Waals surface area contributed by atoms with Crippen LogP contribution in [0.2, 0.25) is 0 Å². The fraction of sp³-hybridized carbons (Fsp3) is 0.935. The molecule has 0 bridgehead atoms. The molecule has 3 N–H and O–H groups in total. The van der Waals surface area contributed by atoms with Gasteiger partial charge < -0.3 is 0 Å². The second kappa shape index (κ2) is 11.7. The van der Waals surface area contributed by atoms with Crippen LogP contribution in [0.1, 0.15) is 106 Å². The maximum absolute atomic E-state index is 12.2. The maximum Gasteiger partial charge on any atom is 0.397 e. The van der Waals surface area contributed by atoms with Crippen LogP contribution in [0, 0.1) is 57.2 Å². The van der Waals surface area contributed by atoms with E-state index >= 15 is 0 Å². The molecule has 5 aliphatic carbocycles. The molecule has 12 nitrogen and oxygen atoms in total. The molecular formula is C31H52O12S3. The van der Waals surface area contributed by atoms with Crippen molar-refractivity contribution in [2.45, 2.75) is 125 Å². The van der Waals surface area contributed by atoms with Crippen LogP contribution >= 0.6 is 0 Å². The average Bonchev–Trinajstić information content (AvgIpc) is 3.45. The molecule has 46 heavy (non-hydrogen) atoms. The lowest BCUT2D eigenvalue weighted by Crippen LogP contribution is -2.60. The van der Waals surface area contributed by atoms with E-state index in [0.717, 1.165) is 37.2 Å². The van der Waals surface area contributed by atoms with Gasteiger partial charge in [0.2, 0.25) is 0 Å². The molecule has 0 amide bonds. The van der Waals surface area contributed by atoms with Crippen molar-refractivity contribution in [3.8, 4) is 0 Å². The fourth-order valence-corrected chi connectivity index (χ4v) is 12.8. The first-order chi connectivity index (χ1) is 20.9. The zero-order chi connectivity index (χ0) is 34.5. The Morgan fingerprint density at radius 1 is 0.826 bits per heavy atom. The van der Waals surface area contributed by atoms with E-state index in [0.29, 0.717) is 23.2 Å². The largest absolute Gasteiger partial charge is 0.397 e. The van der Waals surface area contributed by atoms with Gasteiger partial charge in [0.25, 0.3) is 0 Å². The molecule has 0 aromatic carbocycles. The lowest BCUT2D eigenvalue weighted by molar-refractivity contribution is -0.122.